The van der Waals surface area contributed by atoms with Gasteiger partial charge in [0.25, 0.3) is 0 Å². The predicted octanol–water partition coefficient (Wildman–Crippen LogP) is 1.08. The van der Waals surface area contributed by atoms with E-state index in [1.807, 2.05) is 0 Å². The Labute approximate surface area is 170 Å². The molecule has 1 aromatic heterocycles. The summed E-state index contributed by atoms with van der Waals surface area (Å²) >= 11 is 0. The van der Waals surface area contributed by atoms with Crippen LogP contribution in [0.5, 0.6) is 0 Å². The van der Waals surface area contributed by atoms with E-state index in [1.165, 1.54) is 27.4 Å². The molecule has 29 heavy (non-hydrogen) atoms. The second-order valence-corrected chi connectivity index (χ2v) is 9.07. The van der Waals surface area contributed by atoms with Crippen molar-refractivity contribution < 1.29 is 17.6 Å². The molecule has 0 aliphatic rings. The van der Waals surface area contributed by atoms with Gasteiger partial charge in [0, 0.05) is 25.6 Å². The molecule has 0 radical (unpaired) electrons. The Balaban J connectivity index is 2.04. The van der Waals surface area contributed by atoms with E-state index in [0.29, 0.717) is 30.9 Å². The van der Waals surface area contributed by atoms with E-state index < -0.39 is 16.1 Å². The minimum Gasteiger partial charge on any atom is -0.354 e. The van der Waals surface area contributed by atoms with E-state index in [-0.39, 0.29) is 24.2 Å². The number of amides is 1. The van der Waals surface area contributed by atoms with Gasteiger partial charge in [-0.3, -0.25) is 4.79 Å². The van der Waals surface area contributed by atoms with Crippen molar-refractivity contribution in [3.8, 4) is 0 Å². The first kappa shape index (κ1) is 22.9. The van der Waals surface area contributed by atoms with Crippen molar-refractivity contribution in [1.82, 2.24) is 29.8 Å². The van der Waals surface area contributed by atoms with Gasteiger partial charge in [0.05, 0.1) is 6.26 Å². The van der Waals surface area contributed by atoms with Gasteiger partial charge in [0.1, 0.15) is 17.7 Å². The Morgan fingerprint density at radius 2 is 2.07 bits per heavy atom. The van der Waals surface area contributed by atoms with Crippen LogP contribution in [0.1, 0.15) is 37.7 Å². The first-order chi connectivity index (χ1) is 13.6. The maximum Gasteiger partial charge on any atom is 0.245 e. The zero-order chi connectivity index (χ0) is 21.6. The maximum atomic E-state index is 13.5. The summed E-state index contributed by atoms with van der Waals surface area (Å²) in [6.45, 7) is 5.87. The van der Waals surface area contributed by atoms with Gasteiger partial charge in [-0.15, -0.1) is 5.10 Å². The first-order valence-electron chi connectivity index (χ1n) is 9.33. The molecule has 11 heteroatoms. The molecule has 1 heterocycles. The number of hydrogen-bond acceptors (Lipinski definition) is 6. The van der Waals surface area contributed by atoms with E-state index in [4.69, 9.17) is 0 Å². The van der Waals surface area contributed by atoms with Crippen LogP contribution in [-0.4, -0.2) is 64.2 Å². The predicted molar refractivity (Wildman–Crippen MR) is 106 cm³/mol. The zero-order valence-corrected chi connectivity index (χ0v) is 17.9. The van der Waals surface area contributed by atoms with Crippen LogP contribution in [-0.2, 0) is 21.2 Å². The summed E-state index contributed by atoms with van der Waals surface area (Å²) in [5.74, 6) is -0.241. The number of tetrazole rings is 1. The highest BCUT2D eigenvalue weighted by atomic mass is 32.2. The lowest BCUT2D eigenvalue weighted by Gasteiger charge is -2.24. The van der Waals surface area contributed by atoms with Crippen LogP contribution in [0, 0.1) is 12.7 Å². The summed E-state index contributed by atoms with van der Waals surface area (Å²) in [4.78, 5) is 12.8. The molecule has 0 fully saturated rings. The number of aromatic nitrogens is 4. The number of benzene rings is 1. The fraction of sp³-hybridized carbons (Fsp3) is 0.556. The van der Waals surface area contributed by atoms with Crippen molar-refractivity contribution in [2.45, 2.75) is 45.7 Å². The molecule has 0 aliphatic carbocycles. The highest BCUT2D eigenvalue weighted by molar-refractivity contribution is 7.88. The zero-order valence-electron chi connectivity index (χ0n) is 17.0. The molecule has 0 saturated carbocycles. The Hall–Kier alpha value is -2.40. The summed E-state index contributed by atoms with van der Waals surface area (Å²) in [6.07, 6.45) is 1.84. The summed E-state index contributed by atoms with van der Waals surface area (Å²) in [7, 11) is -3.31. The van der Waals surface area contributed by atoms with Crippen LogP contribution in [0.25, 0.3) is 0 Å². The number of carbonyl (C=O) groups is 1. The molecule has 1 atom stereocenters. The fourth-order valence-electron chi connectivity index (χ4n) is 3.07. The van der Waals surface area contributed by atoms with Crippen molar-refractivity contribution in [1.29, 1.82) is 0 Å². The maximum absolute atomic E-state index is 13.5. The summed E-state index contributed by atoms with van der Waals surface area (Å²) in [6, 6.07) is 5.11. The second-order valence-electron chi connectivity index (χ2n) is 7.13. The van der Waals surface area contributed by atoms with E-state index in [9.17, 15) is 17.6 Å². The Morgan fingerprint density at radius 3 is 2.62 bits per heavy atom. The molecule has 0 saturated heterocycles. The molecule has 9 nitrogen and oxygen atoms in total. The molecule has 1 amide bonds. The number of aryl methyl sites for hydroxylation is 1. The third-order valence-corrected chi connectivity index (χ3v) is 5.89. The van der Waals surface area contributed by atoms with Crippen LogP contribution in [0.3, 0.4) is 0 Å². The van der Waals surface area contributed by atoms with Crippen LogP contribution in [0.4, 0.5) is 4.39 Å². The number of rotatable bonds is 10. The molecule has 1 N–H and O–H groups in total. The lowest BCUT2D eigenvalue weighted by molar-refractivity contribution is -0.124. The van der Waals surface area contributed by atoms with Crippen molar-refractivity contribution in [2.24, 2.45) is 0 Å². The molecular formula is C18H27FN6O3S. The Bertz CT molecular complexity index is 931. The van der Waals surface area contributed by atoms with Crippen LogP contribution >= 0.6 is 0 Å². The van der Waals surface area contributed by atoms with Gasteiger partial charge in [-0.25, -0.2) is 17.5 Å². The second kappa shape index (κ2) is 9.88. The summed E-state index contributed by atoms with van der Waals surface area (Å²) < 4.78 is 39.9. The molecule has 0 spiro atoms. The van der Waals surface area contributed by atoms with E-state index in [0.717, 1.165) is 0 Å². The van der Waals surface area contributed by atoms with E-state index >= 15 is 0 Å². The fourth-order valence-corrected chi connectivity index (χ4v) is 4.30. The summed E-state index contributed by atoms with van der Waals surface area (Å²) in [5.41, 5.74) is 0.642. The minimum atomic E-state index is -3.31. The third kappa shape index (κ3) is 6.57. The minimum absolute atomic E-state index is 0.162. The number of nitrogens with zero attached hydrogens (tertiary/aromatic N) is 5. The average Bonchev–Trinajstić information content (AvgIpc) is 3.03. The SMILES string of the molecule is Cc1nnnn1[C@@H](Cc1cccc(F)c1)C(=O)NCCCN(C(C)C)S(C)(=O)=O. The molecule has 160 valence electrons. The van der Waals surface area contributed by atoms with Crippen LogP contribution in [0.15, 0.2) is 24.3 Å². The van der Waals surface area contributed by atoms with Crippen LogP contribution in [0.2, 0.25) is 0 Å². The normalized spacial score (nSPS) is 13.1. The lowest BCUT2D eigenvalue weighted by atomic mass is 10.0. The van der Waals surface area contributed by atoms with Gasteiger partial charge >= 0.3 is 0 Å². The highest BCUT2D eigenvalue weighted by Gasteiger charge is 2.25. The number of sulfonamides is 1. The topological polar surface area (TPSA) is 110 Å². The first-order valence-corrected chi connectivity index (χ1v) is 11.2. The summed E-state index contributed by atoms with van der Waals surface area (Å²) in [5, 5.41) is 14.1. The van der Waals surface area contributed by atoms with Gasteiger partial charge < -0.3 is 5.32 Å². The van der Waals surface area contributed by atoms with Crippen molar-refractivity contribution in [3.05, 3.63) is 41.5 Å². The molecule has 0 unspecified atom stereocenters. The molecule has 0 bridgehead atoms. The Morgan fingerprint density at radius 1 is 1.34 bits per heavy atom. The Kier molecular flexibility index (Phi) is 7.80. The van der Waals surface area contributed by atoms with Gasteiger partial charge in [0.15, 0.2) is 0 Å². The molecular weight excluding hydrogens is 399 g/mol. The molecule has 0 aliphatic heterocycles. The van der Waals surface area contributed by atoms with Gasteiger partial charge in [-0.2, -0.15) is 4.31 Å². The van der Waals surface area contributed by atoms with Crippen molar-refractivity contribution >= 4 is 15.9 Å². The van der Waals surface area contributed by atoms with Gasteiger partial charge in [-0.1, -0.05) is 12.1 Å². The number of halogens is 1. The average molecular weight is 427 g/mol. The standard InChI is InChI=1S/C18H27FN6O3S/c1-13(2)24(29(4,27)28)10-6-9-20-18(26)17(25-14(3)21-22-23-25)12-15-7-5-8-16(19)11-15/h5,7-8,11,13,17H,6,9-10,12H2,1-4H3,(H,20,26)/t17-/m0/s1. The quantitative estimate of drug-likeness (QED) is 0.569. The third-order valence-electron chi connectivity index (χ3n) is 4.43. The largest absolute Gasteiger partial charge is 0.354 e. The highest BCUT2D eigenvalue weighted by Crippen LogP contribution is 2.16. The number of carbonyl (C=O) groups excluding carboxylic acids is 1. The monoisotopic (exact) mass is 426 g/mol. The number of nitrogens with one attached hydrogen (secondary N) is 1. The molecule has 1 aromatic carbocycles. The van der Waals surface area contributed by atoms with E-state index in [2.05, 4.69) is 20.8 Å². The van der Waals surface area contributed by atoms with Crippen LogP contribution < -0.4 is 5.32 Å². The number of hydrogen-bond donors (Lipinski definition) is 1. The van der Waals surface area contributed by atoms with Crippen molar-refractivity contribution in [3.63, 3.8) is 0 Å². The molecule has 2 rings (SSSR count). The van der Waals surface area contributed by atoms with Gasteiger partial charge in [-0.05, 0) is 55.3 Å². The van der Waals surface area contributed by atoms with Gasteiger partial charge in [0.2, 0.25) is 15.9 Å². The lowest BCUT2D eigenvalue weighted by Crippen LogP contribution is -2.39. The van der Waals surface area contributed by atoms with Crippen molar-refractivity contribution in [2.75, 3.05) is 19.3 Å². The van der Waals surface area contributed by atoms with E-state index in [1.54, 1.807) is 32.9 Å². The molecule has 2 aromatic rings. The smallest absolute Gasteiger partial charge is 0.245 e.